The number of fused-ring (bicyclic) bond motifs is 1. The maximum absolute atomic E-state index is 13.4. The molecule has 210 valence electrons. The van der Waals surface area contributed by atoms with Crippen LogP contribution in [0.3, 0.4) is 0 Å². The summed E-state index contributed by atoms with van der Waals surface area (Å²) in [6.45, 7) is 6.50. The van der Waals surface area contributed by atoms with Crippen molar-refractivity contribution in [2.75, 3.05) is 42.3 Å². The van der Waals surface area contributed by atoms with E-state index >= 15 is 0 Å². The Morgan fingerprint density at radius 1 is 1.05 bits per heavy atom. The molecule has 0 radical (unpaired) electrons. The molecule has 1 saturated heterocycles. The molecule has 0 spiro atoms. The fraction of sp³-hybridized carbons (Fsp3) is 0.414. The fourth-order valence-electron chi connectivity index (χ4n) is 5.10. The van der Waals surface area contributed by atoms with Gasteiger partial charge >= 0.3 is 6.03 Å². The molecule has 0 bridgehead atoms. The average Bonchev–Trinajstić information content (AvgIpc) is 3.56. The monoisotopic (exact) mass is 544 g/mol. The Balaban J connectivity index is 1.28. The summed E-state index contributed by atoms with van der Waals surface area (Å²) in [7, 11) is 3.37. The van der Waals surface area contributed by atoms with Crippen LogP contribution in [-0.2, 0) is 24.3 Å². The van der Waals surface area contributed by atoms with Crippen molar-refractivity contribution < 1.29 is 14.4 Å². The molecular formula is C29H36N8O3. The minimum Gasteiger partial charge on any atom is -0.352 e. The van der Waals surface area contributed by atoms with Gasteiger partial charge in [-0.2, -0.15) is 5.10 Å². The lowest BCUT2D eigenvalue weighted by molar-refractivity contribution is -0.117. The van der Waals surface area contributed by atoms with E-state index in [1.54, 1.807) is 25.2 Å². The van der Waals surface area contributed by atoms with Crippen LogP contribution in [-0.4, -0.2) is 64.7 Å². The third-order valence-electron chi connectivity index (χ3n) is 7.30. The molecular weight excluding hydrogens is 508 g/mol. The van der Waals surface area contributed by atoms with Crippen molar-refractivity contribution >= 4 is 35.0 Å². The van der Waals surface area contributed by atoms with E-state index in [2.05, 4.69) is 34.4 Å². The Labute approximate surface area is 234 Å². The number of amides is 4. The molecule has 11 nitrogen and oxygen atoms in total. The summed E-state index contributed by atoms with van der Waals surface area (Å²) in [5.74, 6) is 0.727. The average molecular weight is 545 g/mol. The zero-order valence-corrected chi connectivity index (χ0v) is 23.5. The first-order chi connectivity index (χ1) is 19.2. The van der Waals surface area contributed by atoms with Gasteiger partial charge in [-0.15, -0.1) is 0 Å². The third kappa shape index (κ3) is 5.63. The second-order valence-electron chi connectivity index (χ2n) is 10.7. The van der Waals surface area contributed by atoms with Gasteiger partial charge in [0.15, 0.2) is 5.69 Å². The molecule has 2 aliphatic heterocycles. The first kappa shape index (κ1) is 27.2. The van der Waals surface area contributed by atoms with Crippen molar-refractivity contribution in [1.82, 2.24) is 25.0 Å². The molecule has 11 heteroatoms. The third-order valence-corrected chi connectivity index (χ3v) is 7.30. The maximum atomic E-state index is 13.4. The largest absolute Gasteiger partial charge is 0.352 e. The lowest BCUT2D eigenvalue weighted by Gasteiger charge is -2.29. The number of hydrogen-bond donors (Lipinski definition) is 2. The molecule has 0 aliphatic carbocycles. The zero-order valence-electron chi connectivity index (χ0n) is 23.5. The van der Waals surface area contributed by atoms with Crippen LogP contribution in [0, 0.1) is 0 Å². The number of pyridine rings is 1. The molecule has 0 saturated carbocycles. The molecule has 0 unspecified atom stereocenters. The van der Waals surface area contributed by atoms with E-state index in [1.165, 1.54) is 4.90 Å². The van der Waals surface area contributed by atoms with Crippen molar-refractivity contribution in [3.63, 3.8) is 0 Å². The van der Waals surface area contributed by atoms with Gasteiger partial charge in [-0.25, -0.2) is 9.78 Å². The molecule has 0 atom stereocenters. The standard InChI is InChI=1S/C29H36N8O3/c1-19(2)37-24-13-15-35(25-12-11-22(17-30-25)36-14-5-6-26(36)38)18-23(24)27(33-37)28(39)31-16-20-7-9-21(10-8-20)32-29(40)34(3)4/h7-12,17,19H,5-6,13-16,18H2,1-4H3,(H,31,39)(H,32,40). The Kier molecular flexibility index (Phi) is 7.72. The van der Waals surface area contributed by atoms with Crippen molar-refractivity contribution in [2.24, 2.45) is 0 Å². The van der Waals surface area contributed by atoms with Crippen molar-refractivity contribution in [3.8, 4) is 0 Å². The molecule has 1 aromatic carbocycles. The summed E-state index contributed by atoms with van der Waals surface area (Å²) < 4.78 is 1.96. The fourth-order valence-corrected chi connectivity index (χ4v) is 5.10. The number of benzene rings is 1. The van der Waals surface area contributed by atoms with Gasteiger partial charge in [0, 0.05) is 76.1 Å². The number of carbonyl (C=O) groups excluding carboxylic acids is 3. The van der Waals surface area contributed by atoms with E-state index in [-0.39, 0.29) is 23.9 Å². The van der Waals surface area contributed by atoms with Crippen LogP contribution in [0.15, 0.2) is 42.6 Å². The van der Waals surface area contributed by atoms with E-state index in [0.717, 1.165) is 54.3 Å². The number of hydrogen-bond acceptors (Lipinski definition) is 6. The highest BCUT2D eigenvalue weighted by Crippen LogP contribution is 2.29. The number of nitrogens with one attached hydrogen (secondary N) is 2. The summed E-state index contributed by atoms with van der Waals surface area (Å²) >= 11 is 0. The smallest absolute Gasteiger partial charge is 0.321 e. The highest BCUT2D eigenvalue weighted by molar-refractivity contribution is 5.95. The molecule has 1 fully saturated rings. The predicted molar refractivity (Wildman–Crippen MR) is 154 cm³/mol. The van der Waals surface area contributed by atoms with Gasteiger partial charge in [-0.05, 0) is 50.1 Å². The number of aromatic nitrogens is 3. The van der Waals surface area contributed by atoms with E-state index < -0.39 is 0 Å². The van der Waals surface area contributed by atoms with Gasteiger partial charge in [0.2, 0.25) is 5.91 Å². The van der Waals surface area contributed by atoms with E-state index in [1.807, 2.05) is 41.1 Å². The lowest BCUT2D eigenvalue weighted by atomic mass is 10.0. The van der Waals surface area contributed by atoms with E-state index in [4.69, 9.17) is 5.10 Å². The second-order valence-corrected chi connectivity index (χ2v) is 10.7. The summed E-state index contributed by atoms with van der Waals surface area (Å²) in [6.07, 6.45) is 3.97. The van der Waals surface area contributed by atoms with E-state index in [9.17, 15) is 14.4 Å². The van der Waals surface area contributed by atoms with Gasteiger partial charge in [-0.3, -0.25) is 14.3 Å². The summed E-state index contributed by atoms with van der Waals surface area (Å²) in [6, 6.07) is 11.2. The van der Waals surface area contributed by atoms with Crippen molar-refractivity contribution in [2.45, 2.75) is 52.2 Å². The number of urea groups is 1. The Bertz CT molecular complexity index is 1400. The van der Waals surface area contributed by atoms with Gasteiger partial charge in [-0.1, -0.05) is 12.1 Å². The molecule has 4 amide bonds. The number of anilines is 3. The summed E-state index contributed by atoms with van der Waals surface area (Å²) in [5, 5.41) is 10.5. The first-order valence-corrected chi connectivity index (χ1v) is 13.7. The normalized spacial score (nSPS) is 14.9. The number of carbonyl (C=O) groups is 3. The Hall–Kier alpha value is -4.41. The Morgan fingerprint density at radius 3 is 2.45 bits per heavy atom. The van der Waals surface area contributed by atoms with Crippen LogP contribution in [0.5, 0.6) is 0 Å². The minimum atomic E-state index is -0.224. The second kappa shape index (κ2) is 11.4. The van der Waals surface area contributed by atoms with E-state index in [0.29, 0.717) is 30.9 Å². The molecule has 3 aromatic rings. The first-order valence-electron chi connectivity index (χ1n) is 13.7. The number of nitrogens with zero attached hydrogens (tertiary/aromatic N) is 6. The van der Waals surface area contributed by atoms with Crippen LogP contribution in [0.25, 0.3) is 0 Å². The lowest BCUT2D eigenvalue weighted by Crippen LogP contribution is -2.33. The summed E-state index contributed by atoms with van der Waals surface area (Å²) in [4.78, 5) is 47.4. The van der Waals surface area contributed by atoms with Gasteiger partial charge in [0.05, 0.1) is 11.9 Å². The van der Waals surface area contributed by atoms with Crippen LogP contribution in [0.1, 0.15) is 60.0 Å². The molecule has 2 N–H and O–H groups in total. The van der Waals surface area contributed by atoms with Crippen molar-refractivity contribution in [3.05, 3.63) is 65.1 Å². The van der Waals surface area contributed by atoms with Gasteiger partial charge in [0.25, 0.3) is 5.91 Å². The van der Waals surface area contributed by atoms with Gasteiger partial charge < -0.3 is 25.3 Å². The van der Waals surface area contributed by atoms with Crippen LogP contribution in [0.4, 0.5) is 22.0 Å². The van der Waals surface area contributed by atoms with Crippen molar-refractivity contribution in [1.29, 1.82) is 0 Å². The molecule has 4 heterocycles. The molecule has 2 aromatic heterocycles. The minimum absolute atomic E-state index is 0.127. The highest BCUT2D eigenvalue weighted by Gasteiger charge is 2.30. The number of rotatable bonds is 7. The SMILES string of the molecule is CC(C)n1nc(C(=O)NCc2ccc(NC(=O)N(C)C)cc2)c2c1CCN(c1ccc(N3CCCC3=O)cn1)C2. The van der Waals surface area contributed by atoms with Crippen LogP contribution in [0.2, 0.25) is 0 Å². The molecule has 2 aliphatic rings. The predicted octanol–water partition coefficient (Wildman–Crippen LogP) is 3.57. The Morgan fingerprint density at radius 2 is 1.82 bits per heavy atom. The zero-order chi connectivity index (χ0) is 28.4. The molecule has 40 heavy (non-hydrogen) atoms. The maximum Gasteiger partial charge on any atom is 0.321 e. The van der Waals surface area contributed by atoms with Crippen LogP contribution >= 0.6 is 0 Å². The van der Waals surface area contributed by atoms with Gasteiger partial charge in [0.1, 0.15) is 5.82 Å². The topological polar surface area (TPSA) is 116 Å². The quantitative estimate of drug-likeness (QED) is 0.470. The highest BCUT2D eigenvalue weighted by atomic mass is 16.2. The summed E-state index contributed by atoms with van der Waals surface area (Å²) in [5.41, 5.74) is 4.85. The van der Waals surface area contributed by atoms with Crippen LogP contribution < -0.4 is 20.4 Å². The molecule has 5 rings (SSSR count).